The van der Waals surface area contributed by atoms with Gasteiger partial charge in [-0.25, -0.2) is 0 Å². The Hall–Kier alpha value is 3.40. The summed E-state index contributed by atoms with van der Waals surface area (Å²) in [7, 11) is -4.67. The van der Waals surface area contributed by atoms with E-state index in [4.69, 9.17) is 17.5 Å². The first-order chi connectivity index (χ1) is 2.00. The fraction of sp³-hybridized carbons (Fsp3) is 0. The maximum Gasteiger partial charge on any atom is 1.00 e. The molecule has 0 aromatic carbocycles. The Bertz CT molecular complexity index is 109. The van der Waals surface area contributed by atoms with E-state index in [0.717, 1.165) is 0 Å². The Morgan fingerprint density at radius 2 is 1.00 bits per heavy atom. The maximum absolute atomic E-state index is 8.74. The Morgan fingerprint density at radius 3 is 1.00 bits per heavy atom. The SMILES string of the molecule is O=S(=O)(O)O.[AlH3].[H-].[H-].[H-].[Na+].[Na+].[Na+]. The Balaban J connectivity index is -0.00000000381. The molecule has 0 fully saturated rings. The van der Waals surface area contributed by atoms with Crippen molar-refractivity contribution in [3.05, 3.63) is 0 Å². The van der Waals surface area contributed by atoms with Crippen molar-refractivity contribution in [1.82, 2.24) is 0 Å². The number of rotatable bonds is 0. The molecule has 0 atom stereocenters. The predicted octanol–water partition coefficient (Wildman–Crippen LogP) is -10.5. The van der Waals surface area contributed by atoms with Gasteiger partial charge in [0, 0.05) is 0 Å². The zero-order valence-corrected chi connectivity index (χ0v) is 11.9. The van der Waals surface area contributed by atoms with Crippen LogP contribution in [0.2, 0.25) is 0 Å². The summed E-state index contributed by atoms with van der Waals surface area (Å²) in [4.78, 5) is 0. The van der Waals surface area contributed by atoms with Crippen LogP contribution in [0.3, 0.4) is 0 Å². The third-order valence-corrected chi connectivity index (χ3v) is 0. The van der Waals surface area contributed by atoms with E-state index in [0.29, 0.717) is 0 Å². The third-order valence-electron chi connectivity index (χ3n) is 0. The fourth-order valence-electron chi connectivity index (χ4n) is 0. The van der Waals surface area contributed by atoms with Gasteiger partial charge < -0.3 is 4.28 Å². The van der Waals surface area contributed by atoms with Crippen LogP contribution in [0.4, 0.5) is 0 Å². The van der Waals surface area contributed by atoms with E-state index in [1.807, 2.05) is 0 Å². The normalized spacial score (nSPS) is 6.44. The minimum atomic E-state index is -4.67. The molecule has 0 saturated heterocycles. The molecule has 0 unspecified atom stereocenters. The first-order valence-corrected chi connectivity index (χ1v) is 2.10. The van der Waals surface area contributed by atoms with E-state index in [-0.39, 0.29) is 110 Å². The molecule has 4 nitrogen and oxygen atoms in total. The molecule has 0 amide bonds. The molecule has 0 spiro atoms. The van der Waals surface area contributed by atoms with Crippen LogP contribution in [-0.2, 0) is 10.4 Å². The van der Waals surface area contributed by atoms with Gasteiger partial charge in [-0.2, -0.15) is 8.42 Å². The van der Waals surface area contributed by atoms with Crippen molar-refractivity contribution in [2.75, 3.05) is 0 Å². The summed E-state index contributed by atoms with van der Waals surface area (Å²) in [5.41, 5.74) is 0. The van der Waals surface area contributed by atoms with Gasteiger partial charge in [-0.15, -0.1) is 0 Å². The zero-order valence-electron chi connectivity index (χ0n) is 8.12. The molecule has 0 aliphatic carbocycles. The quantitative estimate of drug-likeness (QED) is 0.301. The smallest absolute Gasteiger partial charge is 1.00 e. The van der Waals surface area contributed by atoms with Gasteiger partial charge >= 0.3 is 99.1 Å². The average Bonchev–Trinajstić information content (AvgIpc) is 0.722. The van der Waals surface area contributed by atoms with Crippen LogP contribution in [0.25, 0.3) is 0 Å². The summed E-state index contributed by atoms with van der Waals surface area (Å²) >= 11 is 0. The molecule has 0 saturated carbocycles. The second-order valence-corrected chi connectivity index (χ2v) is 1.34. The molecule has 0 aliphatic heterocycles. The van der Waals surface area contributed by atoms with E-state index >= 15 is 0 Å². The van der Waals surface area contributed by atoms with Crippen LogP contribution in [0, 0.1) is 0 Å². The molecule has 2 N–H and O–H groups in total. The van der Waals surface area contributed by atoms with E-state index < -0.39 is 10.4 Å². The molecule has 0 aromatic rings. The largest absolute Gasteiger partial charge is 1.00 e. The van der Waals surface area contributed by atoms with E-state index in [1.165, 1.54) is 0 Å². The van der Waals surface area contributed by atoms with Gasteiger partial charge in [0.15, 0.2) is 17.4 Å². The van der Waals surface area contributed by atoms with Crippen molar-refractivity contribution in [1.29, 1.82) is 0 Å². The second-order valence-electron chi connectivity index (χ2n) is 0.448. The van der Waals surface area contributed by atoms with E-state index in [1.54, 1.807) is 0 Å². The van der Waals surface area contributed by atoms with Crippen molar-refractivity contribution in [2.24, 2.45) is 0 Å². The van der Waals surface area contributed by atoms with Crippen LogP contribution in [-0.4, -0.2) is 34.9 Å². The molecule has 0 bridgehead atoms. The van der Waals surface area contributed by atoms with Crippen LogP contribution >= 0.6 is 0 Å². The molecule has 0 heterocycles. The fourth-order valence-corrected chi connectivity index (χ4v) is 0. The molecule has 0 aliphatic rings. The van der Waals surface area contributed by atoms with Crippen molar-refractivity contribution in [3.63, 3.8) is 0 Å². The summed E-state index contributed by atoms with van der Waals surface area (Å²) in [5.74, 6) is 0. The zero-order chi connectivity index (χ0) is 4.50. The first kappa shape index (κ1) is 29.4. The molecule has 44 valence electrons. The first-order valence-electron chi connectivity index (χ1n) is 0.698. The van der Waals surface area contributed by atoms with Crippen LogP contribution in [0.5, 0.6) is 0 Å². The van der Waals surface area contributed by atoms with Crippen molar-refractivity contribution in [2.45, 2.75) is 0 Å². The van der Waals surface area contributed by atoms with Gasteiger partial charge in [-0.3, -0.25) is 9.11 Å². The Kier molecular flexibility index (Phi) is 45.6. The molecule has 9 heteroatoms. The minimum Gasteiger partial charge on any atom is -1.00 e. The molecular formula is H8AlNa3O4S. The Morgan fingerprint density at radius 1 is 1.00 bits per heavy atom. The van der Waals surface area contributed by atoms with E-state index in [9.17, 15) is 0 Å². The minimum absolute atomic E-state index is 0. The second kappa shape index (κ2) is 14.0. The van der Waals surface area contributed by atoms with Crippen LogP contribution < -0.4 is 88.7 Å². The molecule has 0 radical (unpaired) electrons. The molecule has 0 rings (SSSR count). The van der Waals surface area contributed by atoms with Crippen LogP contribution in [0.15, 0.2) is 0 Å². The number of hydrogen-bond donors (Lipinski definition) is 2. The van der Waals surface area contributed by atoms with E-state index in [2.05, 4.69) is 0 Å². The molecular weight excluding hydrogens is 192 g/mol. The topological polar surface area (TPSA) is 74.6 Å². The van der Waals surface area contributed by atoms with Gasteiger partial charge in [-0.05, 0) is 0 Å². The standard InChI is InChI=1S/Al.3Na.H2O4S.6H/c;;;;1-5(2,3)4;;;;;;/h;;;;(H2,1,2,3,4);;;;;;/q;3*+1;;;;;3*-1. The summed E-state index contributed by atoms with van der Waals surface area (Å²) in [6, 6.07) is 0. The monoisotopic (exact) mass is 200 g/mol. The average molecular weight is 200 g/mol. The molecule has 0 aromatic heterocycles. The number of hydrogen-bond acceptors (Lipinski definition) is 2. The summed E-state index contributed by atoms with van der Waals surface area (Å²) in [5, 5.41) is 0. The van der Waals surface area contributed by atoms with Gasteiger partial charge in [0.2, 0.25) is 0 Å². The summed E-state index contributed by atoms with van der Waals surface area (Å²) < 4.78 is 31.6. The summed E-state index contributed by atoms with van der Waals surface area (Å²) in [6.07, 6.45) is 0. The van der Waals surface area contributed by atoms with Gasteiger partial charge in [0.05, 0.1) is 0 Å². The summed E-state index contributed by atoms with van der Waals surface area (Å²) in [6.45, 7) is 0. The molecule has 9 heavy (non-hydrogen) atoms. The predicted molar refractivity (Wildman–Crippen MR) is 27.5 cm³/mol. The van der Waals surface area contributed by atoms with Gasteiger partial charge in [0.1, 0.15) is 0 Å². The van der Waals surface area contributed by atoms with Crippen molar-refractivity contribution < 1.29 is 110 Å². The van der Waals surface area contributed by atoms with Crippen molar-refractivity contribution >= 4 is 27.8 Å². The maximum atomic E-state index is 8.74. The van der Waals surface area contributed by atoms with Crippen molar-refractivity contribution in [3.8, 4) is 0 Å². The van der Waals surface area contributed by atoms with Crippen LogP contribution in [0.1, 0.15) is 4.28 Å². The van der Waals surface area contributed by atoms with Gasteiger partial charge in [-0.1, -0.05) is 0 Å². The van der Waals surface area contributed by atoms with Gasteiger partial charge in [0.25, 0.3) is 0 Å². The third kappa shape index (κ3) is 87.1. The Labute approximate surface area is 136 Å².